The Morgan fingerprint density at radius 2 is 2.11 bits per heavy atom. The lowest BCUT2D eigenvalue weighted by Gasteiger charge is -2.21. The van der Waals surface area contributed by atoms with Crippen molar-refractivity contribution < 1.29 is 4.79 Å². The summed E-state index contributed by atoms with van der Waals surface area (Å²) < 4.78 is 0. The van der Waals surface area contributed by atoms with Gasteiger partial charge in [0, 0.05) is 6.54 Å². The van der Waals surface area contributed by atoms with Gasteiger partial charge in [-0.2, -0.15) is 0 Å². The quantitative estimate of drug-likeness (QED) is 0.854. The molecule has 2 N–H and O–H groups in total. The number of carbonyl (C=O) groups excluding carboxylic acids is 1. The van der Waals surface area contributed by atoms with Crippen LogP contribution >= 0.6 is 0 Å². The number of nitrogens with one attached hydrogen (secondary N) is 2. The number of hydrogen-bond acceptors (Lipinski definition) is 2. The first kappa shape index (κ1) is 13.1. The predicted octanol–water partition coefficient (Wildman–Crippen LogP) is 2.11. The molecule has 1 aliphatic rings. The van der Waals surface area contributed by atoms with Crippen molar-refractivity contribution in [2.24, 2.45) is 11.8 Å². The lowest BCUT2D eigenvalue weighted by atomic mass is 9.96. The van der Waals surface area contributed by atoms with Crippen LogP contribution < -0.4 is 10.6 Å². The summed E-state index contributed by atoms with van der Waals surface area (Å²) in [7, 11) is 0. The number of carbonyl (C=O) groups is 1. The molecule has 0 bridgehead atoms. The second kappa shape index (κ2) is 6.01. The van der Waals surface area contributed by atoms with Gasteiger partial charge in [0.2, 0.25) is 5.91 Å². The van der Waals surface area contributed by atoms with Crippen LogP contribution in [0.25, 0.3) is 0 Å². The van der Waals surface area contributed by atoms with Gasteiger partial charge in [0.05, 0.1) is 12.0 Å². The van der Waals surface area contributed by atoms with Gasteiger partial charge in [-0.05, 0) is 24.4 Å². The third-order valence-corrected chi connectivity index (χ3v) is 3.78. The summed E-state index contributed by atoms with van der Waals surface area (Å²) in [5.41, 5.74) is 1.19. The van der Waals surface area contributed by atoms with Crippen LogP contribution in [0.4, 0.5) is 0 Å². The van der Waals surface area contributed by atoms with Gasteiger partial charge in [-0.25, -0.2) is 0 Å². The molecule has 3 nitrogen and oxygen atoms in total. The fourth-order valence-corrected chi connectivity index (χ4v) is 2.55. The Kier molecular flexibility index (Phi) is 4.37. The molecule has 3 atom stereocenters. The van der Waals surface area contributed by atoms with Crippen LogP contribution in [0.1, 0.15) is 31.9 Å². The molecule has 0 spiro atoms. The van der Waals surface area contributed by atoms with E-state index in [1.807, 2.05) is 18.2 Å². The molecule has 0 aromatic heterocycles. The minimum atomic E-state index is 0.114. The second-order valence-electron chi connectivity index (χ2n) is 5.12. The van der Waals surface area contributed by atoms with Gasteiger partial charge in [0.25, 0.3) is 0 Å². The SMILES string of the molecule is CCC(NC(=O)[C@@H]1CNC[C@H]1C)c1ccccc1. The van der Waals surface area contributed by atoms with Gasteiger partial charge < -0.3 is 10.6 Å². The molecule has 1 fully saturated rings. The summed E-state index contributed by atoms with van der Waals surface area (Å²) in [5, 5.41) is 6.45. The normalized spacial score (nSPS) is 24.8. The van der Waals surface area contributed by atoms with Gasteiger partial charge in [-0.3, -0.25) is 4.79 Å². The first-order valence-electron chi connectivity index (χ1n) is 6.78. The molecular weight excluding hydrogens is 224 g/mol. The molecule has 1 aromatic rings. The first-order valence-corrected chi connectivity index (χ1v) is 6.78. The topological polar surface area (TPSA) is 41.1 Å². The number of benzene rings is 1. The van der Waals surface area contributed by atoms with E-state index in [0.29, 0.717) is 5.92 Å². The molecule has 1 aliphatic heterocycles. The average Bonchev–Trinajstić information content (AvgIpc) is 2.83. The molecule has 2 rings (SSSR count). The maximum absolute atomic E-state index is 12.2. The van der Waals surface area contributed by atoms with E-state index in [1.54, 1.807) is 0 Å². The van der Waals surface area contributed by atoms with Crippen molar-refractivity contribution in [1.82, 2.24) is 10.6 Å². The van der Waals surface area contributed by atoms with Crippen LogP contribution in [0.15, 0.2) is 30.3 Å². The van der Waals surface area contributed by atoms with Crippen molar-refractivity contribution in [2.75, 3.05) is 13.1 Å². The molecule has 98 valence electrons. The van der Waals surface area contributed by atoms with Gasteiger partial charge in [-0.15, -0.1) is 0 Å². The van der Waals surface area contributed by atoms with E-state index in [0.717, 1.165) is 19.5 Å². The summed E-state index contributed by atoms with van der Waals surface area (Å²) >= 11 is 0. The van der Waals surface area contributed by atoms with E-state index in [4.69, 9.17) is 0 Å². The van der Waals surface area contributed by atoms with Crippen molar-refractivity contribution in [3.05, 3.63) is 35.9 Å². The number of rotatable bonds is 4. The lowest BCUT2D eigenvalue weighted by molar-refractivity contribution is -0.126. The Balaban J connectivity index is 2.00. The van der Waals surface area contributed by atoms with Crippen molar-refractivity contribution >= 4 is 5.91 Å². The number of hydrogen-bond donors (Lipinski definition) is 2. The molecule has 1 unspecified atom stereocenters. The molecule has 18 heavy (non-hydrogen) atoms. The highest BCUT2D eigenvalue weighted by molar-refractivity contribution is 5.80. The minimum Gasteiger partial charge on any atom is -0.349 e. The van der Waals surface area contributed by atoms with Gasteiger partial charge >= 0.3 is 0 Å². The summed E-state index contributed by atoms with van der Waals surface area (Å²) in [6.07, 6.45) is 0.921. The minimum absolute atomic E-state index is 0.114. The molecule has 0 radical (unpaired) electrons. The third-order valence-electron chi connectivity index (χ3n) is 3.78. The zero-order valence-corrected chi connectivity index (χ0v) is 11.1. The monoisotopic (exact) mass is 246 g/mol. The Morgan fingerprint density at radius 3 is 2.67 bits per heavy atom. The number of amides is 1. The zero-order valence-electron chi connectivity index (χ0n) is 11.1. The molecule has 1 heterocycles. The van der Waals surface area contributed by atoms with Crippen molar-refractivity contribution in [2.45, 2.75) is 26.3 Å². The zero-order chi connectivity index (χ0) is 13.0. The Bertz CT molecular complexity index is 391. The van der Waals surface area contributed by atoms with E-state index in [2.05, 4.69) is 36.6 Å². The molecular formula is C15H22N2O. The standard InChI is InChI=1S/C15H22N2O/c1-3-14(12-7-5-4-6-8-12)17-15(18)13-10-16-9-11(13)2/h4-8,11,13-14,16H,3,9-10H2,1-2H3,(H,17,18)/t11-,13-,14?/m1/s1. The Labute approximate surface area is 109 Å². The van der Waals surface area contributed by atoms with Crippen LogP contribution in [-0.4, -0.2) is 19.0 Å². The summed E-state index contributed by atoms with van der Waals surface area (Å²) in [6, 6.07) is 10.3. The molecule has 1 aromatic carbocycles. The van der Waals surface area contributed by atoms with E-state index in [1.165, 1.54) is 5.56 Å². The van der Waals surface area contributed by atoms with Crippen molar-refractivity contribution in [3.63, 3.8) is 0 Å². The van der Waals surface area contributed by atoms with Crippen LogP contribution in [0.2, 0.25) is 0 Å². The smallest absolute Gasteiger partial charge is 0.225 e. The largest absolute Gasteiger partial charge is 0.349 e. The highest BCUT2D eigenvalue weighted by atomic mass is 16.2. The van der Waals surface area contributed by atoms with Gasteiger partial charge in [-0.1, -0.05) is 44.2 Å². The van der Waals surface area contributed by atoms with E-state index in [9.17, 15) is 4.79 Å². The highest BCUT2D eigenvalue weighted by Crippen LogP contribution is 2.20. The van der Waals surface area contributed by atoms with Crippen LogP contribution in [-0.2, 0) is 4.79 Å². The first-order chi connectivity index (χ1) is 8.72. The van der Waals surface area contributed by atoms with Crippen LogP contribution in [0.3, 0.4) is 0 Å². The van der Waals surface area contributed by atoms with Crippen molar-refractivity contribution in [3.8, 4) is 0 Å². The maximum Gasteiger partial charge on any atom is 0.225 e. The third kappa shape index (κ3) is 2.91. The summed E-state index contributed by atoms with van der Waals surface area (Å²) in [4.78, 5) is 12.2. The fourth-order valence-electron chi connectivity index (χ4n) is 2.55. The Hall–Kier alpha value is -1.35. The maximum atomic E-state index is 12.2. The summed E-state index contributed by atoms with van der Waals surface area (Å²) in [6.45, 7) is 5.99. The fraction of sp³-hybridized carbons (Fsp3) is 0.533. The predicted molar refractivity (Wildman–Crippen MR) is 73.1 cm³/mol. The molecule has 1 amide bonds. The van der Waals surface area contributed by atoms with Gasteiger partial charge in [0.15, 0.2) is 0 Å². The second-order valence-corrected chi connectivity index (χ2v) is 5.12. The highest BCUT2D eigenvalue weighted by Gasteiger charge is 2.30. The van der Waals surface area contributed by atoms with Crippen LogP contribution in [0, 0.1) is 11.8 Å². The lowest BCUT2D eigenvalue weighted by Crippen LogP contribution is -2.36. The Morgan fingerprint density at radius 1 is 1.39 bits per heavy atom. The van der Waals surface area contributed by atoms with E-state index < -0.39 is 0 Å². The molecule has 3 heteroatoms. The van der Waals surface area contributed by atoms with Gasteiger partial charge in [0.1, 0.15) is 0 Å². The summed E-state index contributed by atoms with van der Waals surface area (Å²) in [5.74, 6) is 0.726. The van der Waals surface area contributed by atoms with Crippen molar-refractivity contribution in [1.29, 1.82) is 0 Å². The van der Waals surface area contributed by atoms with E-state index in [-0.39, 0.29) is 17.9 Å². The molecule has 1 saturated heterocycles. The van der Waals surface area contributed by atoms with Crippen LogP contribution in [0.5, 0.6) is 0 Å². The molecule has 0 aliphatic carbocycles. The average molecular weight is 246 g/mol. The van der Waals surface area contributed by atoms with E-state index >= 15 is 0 Å². The molecule has 0 saturated carbocycles.